The fourth-order valence-electron chi connectivity index (χ4n) is 3.36. The molecular formula is C23H22BrNO. The van der Waals surface area contributed by atoms with E-state index < -0.39 is 0 Å². The summed E-state index contributed by atoms with van der Waals surface area (Å²) in [4.78, 5) is 2.28. The lowest BCUT2D eigenvalue weighted by Crippen LogP contribution is -2.15. The number of unbranched alkanes of at least 4 members (excludes halogenated alkanes) is 1. The lowest BCUT2D eigenvalue weighted by molar-refractivity contribution is 0.476. The summed E-state index contributed by atoms with van der Waals surface area (Å²) in [5.74, 6) is 1.76. The number of anilines is 3. The second-order valence-electron chi connectivity index (χ2n) is 6.79. The summed E-state index contributed by atoms with van der Waals surface area (Å²) in [6, 6.07) is 21.5. The number of ether oxygens (including phenoxy) is 1. The van der Waals surface area contributed by atoms with Gasteiger partial charge in [-0.1, -0.05) is 47.5 Å². The number of halogens is 1. The van der Waals surface area contributed by atoms with Crippen LogP contribution in [0.1, 0.15) is 30.9 Å². The minimum absolute atomic E-state index is 0.868. The van der Waals surface area contributed by atoms with Gasteiger partial charge in [0.1, 0.15) is 0 Å². The van der Waals surface area contributed by atoms with Crippen LogP contribution >= 0.6 is 15.9 Å². The van der Waals surface area contributed by atoms with E-state index in [0.29, 0.717) is 0 Å². The third-order valence-electron chi connectivity index (χ3n) is 4.75. The van der Waals surface area contributed by atoms with Crippen molar-refractivity contribution in [2.75, 3.05) is 4.90 Å². The Morgan fingerprint density at radius 3 is 2.31 bits per heavy atom. The highest BCUT2D eigenvalue weighted by molar-refractivity contribution is 9.10. The molecule has 26 heavy (non-hydrogen) atoms. The molecule has 0 bridgehead atoms. The van der Waals surface area contributed by atoms with Gasteiger partial charge in [-0.3, -0.25) is 0 Å². The van der Waals surface area contributed by atoms with E-state index in [1.807, 2.05) is 6.07 Å². The lowest BCUT2D eigenvalue weighted by atomic mass is 10.1. The molecule has 0 unspecified atom stereocenters. The quantitative estimate of drug-likeness (QED) is 0.343. The van der Waals surface area contributed by atoms with Crippen LogP contribution in [0.4, 0.5) is 17.1 Å². The highest BCUT2D eigenvalue weighted by Gasteiger charge is 2.26. The average molecular weight is 408 g/mol. The zero-order chi connectivity index (χ0) is 18.1. The molecule has 2 nitrogen and oxygen atoms in total. The van der Waals surface area contributed by atoms with E-state index >= 15 is 0 Å². The number of rotatable bonds is 4. The van der Waals surface area contributed by atoms with Crippen LogP contribution in [0, 0.1) is 6.92 Å². The predicted octanol–water partition coefficient (Wildman–Crippen LogP) is 7.68. The second-order valence-corrected chi connectivity index (χ2v) is 7.71. The number of nitrogens with zero attached hydrogens (tertiary/aromatic N) is 1. The third kappa shape index (κ3) is 3.24. The van der Waals surface area contributed by atoms with E-state index in [2.05, 4.69) is 89.3 Å². The normalized spacial score (nSPS) is 12.3. The van der Waals surface area contributed by atoms with Gasteiger partial charge in [0.05, 0.1) is 11.4 Å². The maximum atomic E-state index is 6.20. The Hall–Kier alpha value is -2.26. The first-order chi connectivity index (χ1) is 12.7. The molecule has 0 aliphatic carbocycles. The zero-order valence-electron chi connectivity index (χ0n) is 15.1. The Morgan fingerprint density at radius 2 is 1.58 bits per heavy atom. The monoisotopic (exact) mass is 407 g/mol. The Kier molecular flexibility index (Phi) is 4.73. The highest BCUT2D eigenvalue weighted by atomic mass is 79.9. The van der Waals surface area contributed by atoms with Crippen LogP contribution in [0.3, 0.4) is 0 Å². The van der Waals surface area contributed by atoms with Crippen molar-refractivity contribution in [1.82, 2.24) is 0 Å². The molecule has 0 saturated carbocycles. The van der Waals surface area contributed by atoms with Crippen LogP contribution in [0.25, 0.3) is 0 Å². The van der Waals surface area contributed by atoms with E-state index in [1.165, 1.54) is 24.0 Å². The first-order valence-electron chi connectivity index (χ1n) is 9.13. The van der Waals surface area contributed by atoms with Crippen LogP contribution < -0.4 is 9.64 Å². The molecule has 0 fully saturated rings. The van der Waals surface area contributed by atoms with E-state index in [0.717, 1.165) is 39.5 Å². The Bertz CT molecular complexity index is 882. The molecule has 1 heterocycles. The summed E-state index contributed by atoms with van der Waals surface area (Å²) in [6.45, 7) is 4.32. The van der Waals surface area contributed by atoms with Crippen molar-refractivity contribution in [3.8, 4) is 11.5 Å². The van der Waals surface area contributed by atoms with Crippen molar-refractivity contribution < 1.29 is 4.74 Å². The first kappa shape index (κ1) is 17.2. The van der Waals surface area contributed by atoms with Gasteiger partial charge in [-0.05, 0) is 73.4 Å². The van der Waals surface area contributed by atoms with Crippen molar-refractivity contribution >= 4 is 33.0 Å². The predicted molar refractivity (Wildman–Crippen MR) is 112 cm³/mol. The summed E-state index contributed by atoms with van der Waals surface area (Å²) < 4.78 is 7.21. The molecular weight excluding hydrogens is 386 g/mol. The van der Waals surface area contributed by atoms with Gasteiger partial charge in [-0.25, -0.2) is 0 Å². The van der Waals surface area contributed by atoms with Gasteiger partial charge in [-0.2, -0.15) is 0 Å². The number of aryl methyl sites for hydroxylation is 2. The van der Waals surface area contributed by atoms with Crippen molar-refractivity contribution in [3.63, 3.8) is 0 Å². The Labute approximate surface area is 163 Å². The molecule has 3 aromatic rings. The molecule has 0 saturated heterocycles. The van der Waals surface area contributed by atoms with Gasteiger partial charge in [0.2, 0.25) is 0 Å². The van der Waals surface area contributed by atoms with E-state index in [-0.39, 0.29) is 0 Å². The van der Waals surface area contributed by atoms with Crippen LogP contribution in [-0.4, -0.2) is 0 Å². The molecule has 0 atom stereocenters. The van der Waals surface area contributed by atoms with Crippen molar-refractivity contribution in [3.05, 3.63) is 76.3 Å². The van der Waals surface area contributed by atoms with Crippen LogP contribution in [-0.2, 0) is 6.42 Å². The molecule has 3 aromatic carbocycles. The molecule has 0 aromatic heterocycles. The average Bonchev–Trinajstić information content (AvgIpc) is 2.64. The van der Waals surface area contributed by atoms with Gasteiger partial charge >= 0.3 is 0 Å². The molecule has 0 amide bonds. The van der Waals surface area contributed by atoms with Gasteiger partial charge in [0, 0.05) is 10.2 Å². The second kappa shape index (κ2) is 7.16. The molecule has 0 N–H and O–H groups in total. The highest BCUT2D eigenvalue weighted by Crippen LogP contribution is 2.51. The smallest absolute Gasteiger partial charge is 0.152 e. The SMILES string of the molecule is CCCCc1ccc(N2c3ccc(C)cc3Oc3cc(Br)ccc32)cc1. The lowest BCUT2D eigenvalue weighted by Gasteiger charge is -2.33. The van der Waals surface area contributed by atoms with E-state index in [9.17, 15) is 0 Å². The van der Waals surface area contributed by atoms with Crippen molar-refractivity contribution in [1.29, 1.82) is 0 Å². The topological polar surface area (TPSA) is 12.5 Å². The molecule has 4 rings (SSSR count). The standard InChI is InChI=1S/C23H22BrNO/c1-3-4-5-17-7-10-19(11-8-17)25-20-12-6-16(2)14-22(20)26-23-15-18(24)9-13-21(23)25/h6-15H,3-5H2,1-2H3. The van der Waals surface area contributed by atoms with Gasteiger partial charge in [0.25, 0.3) is 0 Å². The Morgan fingerprint density at radius 1 is 0.885 bits per heavy atom. The summed E-state index contributed by atoms with van der Waals surface area (Å²) in [6.07, 6.45) is 3.59. The van der Waals surface area contributed by atoms with Gasteiger partial charge in [0.15, 0.2) is 11.5 Å². The van der Waals surface area contributed by atoms with E-state index in [1.54, 1.807) is 0 Å². The molecule has 3 heteroatoms. The summed E-state index contributed by atoms with van der Waals surface area (Å²) in [7, 11) is 0. The maximum Gasteiger partial charge on any atom is 0.152 e. The maximum absolute atomic E-state index is 6.20. The first-order valence-corrected chi connectivity index (χ1v) is 9.92. The summed E-state index contributed by atoms with van der Waals surface area (Å²) in [5, 5.41) is 0. The molecule has 1 aliphatic heterocycles. The fourth-order valence-corrected chi connectivity index (χ4v) is 3.70. The summed E-state index contributed by atoms with van der Waals surface area (Å²) in [5.41, 5.74) is 5.88. The van der Waals surface area contributed by atoms with Crippen LogP contribution in [0.2, 0.25) is 0 Å². The summed E-state index contributed by atoms with van der Waals surface area (Å²) >= 11 is 3.56. The van der Waals surface area contributed by atoms with Crippen molar-refractivity contribution in [2.45, 2.75) is 33.1 Å². The van der Waals surface area contributed by atoms with Gasteiger partial charge < -0.3 is 9.64 Å². The number of hydrogen-bond donors (Lipinski definition) is 0. The minimum Gasteiger partial charge on any atom is -0.453 e. The van der Waals surface area contributed by atoms with Crippen LogP contribution in [0.5, 0.6) is 11.5 Å². The van der Waals surface area contributed by atoms with E-state index in [4.69, 9.17) is 4.74 Å². The molecule has 1 aliphatic rings. The molecule has 0 spiro atoms. The largest absolute Gasteiger partial charge is 0.453 e. The fraction of sp³-hybridized carbons (Fsp3) is 0.217. The van der Waals surface area contributed by atoms with Crippen molar-refractivity contribution in [2.24, 2.45) is 0 Å². The van der Waals surface area contributed by atoms with Gasteiger partial charge in [-0.15, -0.1) is 0 Å². The Balaban J connectivity index is 1.80. The number of fused-ring (bicyclic) bond motifs is 2. The number of hydrogen-bond acceptors (Lipinski definition) is 2. The molecule has 132 valence electrons. The molecule has 0 radical (unpaired) electrons. The third-order valence-corrected chi connectivity index (χ3v) is 5.25. The number of benzene rings is 3. The minimum atomic E-state index is 0.868. The zero-order valence-corrected chi connectivity index (χ0v) is 16.7. The van der Waals surface area contributed by atoms with Crippen LogP contribution in [0.15, 0.2) is 65.1 Å².